The molecular weight excluding hydrogens is 316 g/mol. The predicted octanol–water partition coefficient (Wildman–Crippen LogP) is 3.44. The maximum Gasteiger partial charge on any atom is 0.316 e. The molecule has 5 heteroatoms. The lowest BCUT2D eigenvalue weighted by atomic mass is 9.79. The van der Waals surface area contributed by atoms with Crippen LogP contribution in [0.1, 0.15) is 43.2 Å². The average molecular weight is 340 g/mol. The Labute approximate surface area is 147 Å². The molecule has 1 heterocycles. The summed E-state index contributed by atoms with van der Waals surface area (Å²) in [4.78, 5) is 28.6. The monoisotopic (exact) mass is 340 g/mol. The van der Waals surface area contributed by atoms with Gasteiger partial charge in [-0.1, -0.05) is 31.4 Å². The third kappa shape index (κ3) is 3.81. The van der Waals surface area contributed by atoms with Gasteiger partial charge >= 0.3 is 5.97 Å². The molecule has 1 amide bonds. The number of carbonyl (C=O) groups is 2. The SMILES string of the molecule is Cc1ccc2ncccc2c1CNC(=O)C(C(=O)O)C1CCCCC1. The number of benzene rings is 1. The minimum absolute atomic E-state index is 0.0541. The number of nitrogens with zero attached hydrogens (tertiary/aromatic N) is 1. The predicted molar refractivity (Wildman–Crippen MR) is 96.0 cm³/mol. The fourth-order valence-electron chi connectivity index (χ4n) is 3.84. The molecule has 2 N–H and O–H groups in total. The molecule has 0 spiro atoms. The van der Waals surface area contributed by atoms with Crippen molar-refractivity contribution in [1.82, 2.24) is 10.3 Å². The van der Waals surface area contributed by atoms with Crippen LogP contribution in [0.3, 0.4) is 0 Å². The van der Waals surface area contributed by atoms with E-state index in [-0.39, 0.29) is 11.8 Å². The highest BCUT2D eigenvalue weighted by Gasteiger charge is 2.35. The number of rotatable bonds is 5. The number of aryl methyl sites for hydroxylation is 1. The molecular formula is C20H24N2O3. The summed E-state index contributed by atoms with van der Waals surface area (Å²) in [5.74, 6) is -2.39. The molecule has 1 aliphatic carbocycles. The van der Waals surface area contributed by atoms with Crippen molar-refractivity contribution in [3.63, 3.8) is 0 Å². The second-order valence-corrected chi connectivity index (χ2v) is 6.86. The number of nitrogens with one attached hydrogen (secondary N) is 1. The van der Waals surface area contributed by atoms with Crippen LogP contribution in [0.25, 0.3) is 10.9 Å². The molecule has 1 atom stereocenters. The third-order valence-corrected chi connectivity index (χ3v) is 5.24. The van der Waals surface area contributed by atoms with Gasteiger partial charge < -0.3 is 10.4 Å². The van der Waals surface area contributed by atoms with Gasteiger partial charge in [-0.2, -0.15) is 0 Å². The van der Waals surface area contributed by atoms with Crippen LogP contribution < -0.4 is 5.32 Å². The molecule has 0 bridgehead atoms. The highest BCUT2D eigenvalue weighted by atomic mass is 16.4. The van der Waals surface area contributed by atoms with Crippen LogP contribution in [0.5, 0.6) is 0 Å². The van der Waals surface area contributed by atoms with Crippen molar-refractivity contribution in [1.29, 1.82) is 0 Å². The van der Waals surface area contributed by atoms with E-state index in [9.17, 15) is 14.7 Å². The summed E-state index contributed by atoms with van der Waals surface area (Å²) in [5.41, 5.74) is 2.93. The summed E-state index contributed by atoms with van der Waals surface area (Å²) in [6.45, 7) is 2.31. The maximum atomic E-state index is 12.6. The minimum atomic E-state index is -1.01. The highest BCUT2D eigenvalue weighted by molar-refractivity contribution is 5.97. The van der Waals surface area contributed by atoms with E-state index >= 15 is 0 Å². The summed E-state index contributed by atoms with van der Waals surface area (Å²) in [7, 11) is 0. The third-order valence-electron chi connectivity index (χ3n) is 5.24. The highest BCUT2D eigenvalue weighted by Crippen LogP contribution is 2.30. The molecule has 25 heavy (non-hydrogen) atoms. The summed E-state index contributed by atoms with van der Waals surface area (Å²) in [6.07, 6.45) is 6.53. The molecule has 1 saturated carbocycles. The Hall–Kier alpha value is -2.43. The zero-order valence-corrected chi connectivity index (χ0v) is 14.5. The van der Waals surface area contributed by atoms with Crippen molar-refractivity contribution < 1.29 is 14.7 Å². The van der Waals surface area contributed by atoms with Gasteiger partial charge in [-0.05, 0) is 48.9 Å². The van der Waals surface area contributed by atoms with Gasteiger partial charge in [-0.3, -0.25) is 14.6 Å². The van der Waals surface area contributed by atoms with E-state index in [1.165, 1.54) is 0 Å². The van der Waals surface area contributed by atoms with Crippen molar-refractivity contribution in [2.24, 2.45) is 11.8 Å². The molecule has 1 unspecified atom stereocenters. The Morgan fingerprint density at radius 1 is 1.24 bits per heavy atom. The minimum Gasteiger partial charge on any atom is -0.481 e. The van der Waals surface area contributed by atoms with Crippen molar-refractivity contribution in [3.05, 3.63) is 41.6 Å². The molecule has 1 aromatic heterocycles. The van der Waals surface area contributed by atoms with Crippen LogP contribution in [0.4, 0.5) is 0 Å². The van der Waals surface area contributed by atoms with Crippen LogP contribution in [-0.4, -0.2) is 22.0 Å². The lowest BCUT2D eigenvalue weighted by molar-refractivity contribution is -0.150. The second kappa shape index (κ2) is 7.64. The normalized spacial score (nSPS) is 16.5. The second-order valence-electron chi connectivity index (χ2n) is 6.86. The van der Waals surface area contributed by atoms with Crippen LogP contribution in [0, 0.1) is 18.8 Å². The van der Waals surface area contributed by atoms with Crippen LogP contribution in [0.2, 0.25) is 0 Å². The van der Waals surface area contributed by atoms with E-state index in [1.807, 2.05) is 31.2 Å². The lowest BCUT2D eigenvalue weighted by Crippen LogP contribution is -2.40. The van der Waals surface area contributed by atoms with Crippen LogP contribution in [0.15, 0.2) is 30.5 Å². The Morgan fingerprint density at radius 2 is 2.00 bits per heavy atom. The number of fused-ring (bicyclic) bond motifs is 1. The average Bonchev–Trinajstić information content (AvgIpc) is 2.61. The van der Waals surface area contributed by atoms with Gasteiger partial charge in [0.1, 0.15) is 5.92 Å². The lowest BCUT2D eigenvalue weighted by Gasteiger charge is -2.26. The fourth-order valence-corrected chi connectivity index (χ4v) is 3.84. The Kier molecular flexibility index (Phi) is 5.31. The van der Waals surface area contributed by atoms with Crippen LogP contribution >= 0.6 is 0 Å². The van der Waals surface area contributed by atoms with E-state index in [4.69, 9.17) is 0 Å². The first kappa shape index (κ1) is 17.4. The molecule has 0 aliphatic heterocycles. The fraction of sp³-hybridized carbons (Fsp3) is 0.450. The molecule has 2 aromatic rings. The first-order valence-electron chi connectivity index (χ1n) is 8.91. The zero-order chi connectivity index (χ0) is 17.8. The maximum absolute atomic E-state index is 12.6. The van der Waals surface area contributed by atoms with Gasteiger partial charge in [0.2, 0.25) is 5.91 Å². The first-order valence-corrected chi connectivity index (χ1v) is 8.91. The van der Waals surface area contributed by atoms with Gasteiger partial charge in [0.05, 0.1) is 5.52 Å². The number of carboxylic acids is 1. The Morgan fingerprint density at radius 3 is 2.72 bits per heavy atom. The van der Waals surface area contributed by atoms with Crippen molar-refractivity contribution in [2.75, 3.05) is 0 Å². The number of hydrogen-bond donors (Lipinski definition) is 2. The molecule has 3 rings (SSSR count). The summed E-state index contributed by atoms with van der Waals surface area (Å²) in [6, 6.07) is 7.78. The zero-order valence-electron chi connectivity index (χ0n) is 14.5. The van der Waals surface area contributed by atoms with E-state index in [0.717, 1.165) is 54.1 Å². The smallest absolute Gasteiger partial charge is 0.316 e. The number of aromatic nitrogens is 1. The van der Waals surface area contributed by atoms with Gasteiger partial charge in [0.25, 0.3) is 0 Å². The molecule has 5 nitrogen and oxygen atoms in total. The van der Waals surface area contributed by atoms with Gasteiger partial charge in [0.15, 0.2) is 0 Å². The van der Waals surface area contributed by atoms with Gasteiger partial charge in [0, 0.05) is 18.1 Å². The molecule has 1 aliphatic rings. The number of hydrogen-bond acceptors (Lipinski definition) is 3. The number of carboxylic acid groups (broad SMARTS) is 1. The molecule has 0 radical (unpaired) electrons. The number of amides is 1. The number of pyridine rings is 1. The number of aliphatic carboxylic acids is 1. The van der Waals surface area contributed by atoms with E-state index in [0.29, 0.717) is 6.54 Å². The Balaban J connectivity index is 1.77. The van der Waals surface area contributed by atoms with E-state index in [1.54, 1.807) is 6.20 Å². The summed E-state index contributed by atoms with van der Waals surface area (Å²) >= 11 is 0. The topological polar surface area (TPSA) is 79.3 Å². The number of carbonyl (C=O) groups excluding carboxylic acids is 1. The largest absolute Gasteiger partial charge is 0.481 e. The molecule has 0 saturated heterocycles. The quantitative estimate of drug-likeness (QED) is 0.817. The van der Waals surface area contributed by atoms with Gasteiger partial charge in [-0.25, -0.2) is 0 Å². The molecule has 132 valence electrons. The summed E-state index contributed by atoms with van der Waals surface area (Å²) in [5, 5.41) is 13.4. The van der Waals surface area contributed by atoms with Crippen LogP contribution in [-0.2, 0) is 16.1 Å². The van der Waals surface area contributed by atoms with Crippen molar-refractivity contribution in [2.45, 2.75) is 45.6 Å². The molecule has 1 aromatic carbocycles. The standard InChI is InChI=1S/C20H24N2O3/c1-13-9-10-17-15(8-5-11-21-17)16(13)12-22-19(23)18(20(24)25)14-6-3-2-4-7-14/h5,8-11,14,18H,2-4,6-7,12H2,1H3,(H,22,23)(H,24,25). The van der Waals surface area contributed by atoms with Crippen molar-refractivity contribution >= 4 is 22.8 Å². The van der Waals surface area contributed by atoms with Crippen molar-refractivity contribution in [3.8, 4) is 0 Å². The first-order chi connectivity index (χ1) is 12.1. The van der Waals surface area contributed by atoms with E-state index < -0.39 is 11.9 Å². The summed E-state index contributed by atoms with van der Waals surface area (Å²) < 4.78 is 0. The van der Waals surface area contributed by atoms with E-state index in [2.05, 4.69) is 10.3 Å². The Bertz CT molecular complexity index is 782. The molecule has 1 fully saturated rings. The van der Waals surface area contributed by atoms with Gasteiger partial charge in [-0.15, -0.1) is 0 Å².